The lowest BCUT2D eigenvalue weighted by Crippen LogP contribution is -2.43. The van der Waals surface area contributed by atoms with Gasteiger partial charge in [0.05, 0.1) is 0 Å². The van der Waals surface area contributed by atoms with Gasteiger partial charge in [0.15, 0.2) is 9.84 Å². The molecule has 0 saturated carbocycles. The highest BCUT2D eigenvalue weighted by Gasteiger charge is 2.29. The normalized spacial score (nSPS) is 22.0. The summed E-state index contributed by atoms with van der Waals surface area (Å²) in [6, 6.07) is 0.157. The first-order chi connectivity index (χ1) is 6.94. The van der Waals surface area contributed by atoms with Crippen molar-refractivity contribution in [2.45, 2.75) is 18.9 Å². The minimum Gasteiger partial charge on any atom is -0.338 e. The summed E-state index contributed by atoms with van der Waals surface area (Å²) in [4.78, 5) is 13.3. The molecule has 0 aromatic heterocycles. The molecule has 1 aliphatic rings. The third-order valence-corrected chi connectivity index (χ3v) is 3.29. The second-order valence-corrected chi connectivity index (χ2v) is 6.15. The third kappa shape index (κ3) is 3.79. The molecular formula is C9H18N2O3S. The van der Waals surface area contributed by atoms with E-state index >= 15 is 0 Å². The van der Waals surface area contributed by atoms with Crippen molar-refractivity contribution < 1.29 is 13.2 Å². The van der Waals surface area contributed by atoms with E-state index in [1.807, 2.05) is 7.05 Å². The number of nitrogens with zero attached hydrogens (tertiary/aromatic N) is 1. The molecule has 6 heteroatoms. The average Bonchev–Trinajstić information content (AvgIpc) is 2.49. The number of rotatable bonds is 4. The molecule has 88 valence electrons. The molecular weight excluding hydrogens is 216 g/mol. The first-order valence-electron chi connectivity index (χ1n) is 5.06. The Balaban J connectivity index is 2.58. The van der Waals surface area contributed by atoms with Crippen LogP contribution in [0.15, 0.2) is 0 Å². The summed E-state index contributed by atoms with van der Waals surface area (Å²) < 4.78 is 22.0. The van der Waals surface area contributed by atoms with Gasteiger partial charge in [-0.15, -0.1) is 0 Å². The Bertz CT molecular complexity index is 326. The van der Waals surface area contributed by atoms with E-state index in [1.54, 1.807) is 4.90 Å². The summed E-state index contributed by atoms with van der Waals surface area (Å²) >= 11 is 0. The molecule has 1 aliphatic heterocycles. The second-order valence-electron chi connectivity index (χ2n) is 4.01. The molecule has 5 nitrogen and oxygen atoms in total. The maximum absolute atomic E-state index is 11.7. The summed E-state index contributed by atoms with van der Waals surface area (Å²) in [5.74, 6) is -0.636. The predicted octanol–water partition coefficient (Wildman–Crippen LogP) is -0.759. The van der Waals surface area contributed by atoms with Crippen molar-refractivity contribution in [1.29, 1.82) is 0 Å². The van der Waals surface area contributed by atoms with Gasteiger partial charge in [-0.3, -0.25) is 4.79 Å². The predicted molar refractivity (Wildman–Crippen MR) is 58.4 cm³/mol. The second kappa shape index (κ2) is 4.94. The Morgan fingerprint density at radius 2 is 2.20 bits per heavy atom. The Morgan fingerprint density at radius 1 is 1.53 bits per heavy atom. The average molecular weight is 234 g/mol. The number of hydrogen-bond donors (Lipinski definition) is 1. The zero-order chi connectivity index (χ0) is 11.5. The van der Waals surface area contributed by atoms with Crippen LogP contribution in [0.4, 0.5) is 0 Å². The van der Waals surface area contributed by atoms with Gasteiger partial charge in [-0.2, -0.15) is 0 Å². The maximum atomic E-state index is 11.7. The smallest absolute Gasteiger partial charge is 0.238 e. The standard InChI is InChI=1S/C9H18N2O3S/c1-10-6-8-4-3-5-11(8)9(12)7-15(2,13)14/h8,10H,3-7H2,1-2H3. The van der Waals surface area contributed by atoms with Crippen molar-refractivity contribution in [2.24, 2.45) is 0 Å². The van der Waals surface area contributed by atoms with Crippen LogP contribution >= 0.6 is 0 Å². The fourth-order valence-electron chi connectivity index (χ4n) is 1.92. The van der Waals surface area contributed by atoms with Crippen molar-refractivity contribution in [2.75, 3.05) is 32.1 Å². The highest BCUT2D eigenvalue weighted by Crippen LogP contribution is 2.16. The molecule has 1 heterocycles. The van der Waals surface area contributed by atoms with Gasteiger partial charge in [0, 0.05) is 25.4 Å². The summed E-state index contributed by atoms with van der Waals surface area (Å²) in [7, 11) is -1.38. The summed E-state index contributed by atoms with van der Waals surface area (Å²) in [5, 5.41) is 3.01. The minimum absolute atomic E-state index is 0.157. The first-order valence-corrected chi connectivity index (χ1v) is 7.12. The lowest BCUT2D eigenvalue weighted by molar-refractivity contribution is -0.129. The lowest BCUT2D eigenvalue weighted by atomic mass is 10.2. The van der Waals surface area contributed by atoms with Crippen LogP contribution in [0.5, 0.6) is 0 Å². The molecule has 1 atom stereocenters. The molecule has 0 aromatic rings. The van der Waals surface area contributed by atoms with E-state index in [-0.39, 0.29) is 17.7 Å². The molecule has 1 amide bonds. The molecule has 1 N–H and O–H groups in total. The number of carbonyl (C=O) groups is 1. The zero-order valence-electron chi connectivity index (χ0n) is 9.19. The van der Waals surface area contributed by atoms with Gasteiger partial charge < -0.3 is 10.2 Å². The fraction of sp³-hybridized carbons (Fsp3) is 0.889. The van der Waals surface area contributed by atoms with Crippen LogP contribution in [0.1, 0.15) is 12.8 Å². The van der Waals surface area contributed by atoms with Crippen LogP contribution in [0, 0.1) is 0 Å². The van der Waals surface area contributed by atoms with E-state index in [4.69, 9.17) is 0 Å². The number of amides is 1. The summed E-state index contributed by atoms with van der Waals surface area (Å²) in [6.45, 7) is 1.41. The van der Waals surface area contributed by atoms with Crippen LogP contribution in [0.25, 0.3) is 0 Å². The largest absolute Gasteiger partial charge is 0.338 e. The number of carbonyl (C=O) groups excluding carboxylic acids is 1. The van der Waals surface area contributed by atoms with Crippen LogP contribution in [0.3, 0.4) is 0 Å². The first kappa shape index (κ1) is 12.4. The van der Waals surface area contributed by atoms with Gasteiger partial charge in [0.2, 0.25) is 5.91 Å². The quantitative estimate of drug-likeness (QED) is 0.694. The zero-order valence-corrected chi connectivity index (χ0v) is 10.0. The van der Waals surface area contributed by atoms with Gasteiger partial charge in [-0.1, -0.05) is 0 Å². The number of likely N-dealkylation sites (tertiary alicyclic amines) is 1. The monoisotopic (exact) mass is 234 g/mol. The molecule has 0 radical (unpaired) electrons. The molecule has 0 spiro atoms. The Hall–Kier alpha value is -0.620. The van der Waals surface area contributed by atoms with Gasteiger partial charge in [0.1, 0.15) is 5.75 Å². The molecule has 1 unspecified atom stereocenters. The molecule has 0 aliphatic carbocycles. The number of likely N-dealkylation sites (N-methyl/N-ethyl adjacent to an activating group) is 1. The van der Waals surface area contributed by atoms with Gasteiger partial charge in [-0.25, -0.2) is 8.42 Å². The highest BCUT2D eigenvalue weighted by molar-refractivity contribution is 7.91. The number of sulfone groups is 1. The molecule has 1 fully saturated rings. The van der Waals surface area contributed by atoms with Crippen LogP contribution in [-0.4, -0.2) is 57.4 Å². The maximum Gasteiger partial charge on any atom is 0.238 e. The minimum atomic E-state index is -3.21. The lowest BCUT2D eigenvalue weighted by Gasteiger charge is -2.24. The Labute approximate surface area is 90.7 Å². The number of nitrogens with one attached hydrogen (secondary N) is 1. The fourth-order valence-corrected chi connectivity index (χ4v) is 2.53. The van der Waals surface area contributed by atoms with Gasteiger partial charge in [-0.05, 0) is 19.9 Å². The summed E-state index contributed by atoms with van der Waals surface area (Å²) in [6.07, 6.45) is 3.01. The van der Waals surface area contributed by atoms with E-state index in [2.05, 4.69) is 5.32 Å². The SMILES string of the molecule is CNCC1CCCN1C(=O)CS(C)(=O)=O. The molecule has 15 heavy (non-hydrogen) atoms. The van der Waals surface area contributed by atoms with Crippen LogP contribution in [-0.2, 0) is 14.6 Å². The topological polar surface area (TPSA) is 66.5 Å². The van der Waals surface area contributed by atoms with Gasteiger partial charge in [0.25, 0.3) is 0 Å². The van der Waals surface area contributed by atoms with E-state index < -0.39 is 9.84 Å². The van der Waals surface area contributed by atoms with Crippen molar-refractivity contribution in [3.8, 4) is 0 Å². The van der Waals surface area contributed by atoms with E-state index in [0.29, 0.717) is 6.54 Å². The highest BCUT2D eigenvalue weighted by atomic mass is 32.2. The van der Waals surface area contributed by atoms with Crippen molar-refractivity contribution in [1.82, 2.24) is 10.2 Å². The van der Waals surface area contributed by atoms with E-state index in [1.165, 1.54) is 0 Å². The third-order valence-electron chi connectivity index (χ3n) is 2.52. The molecule has 1 rings (SSSR count). The summed E-state index contributed by atoms with van der Waals surface area (Å²) in [5.41, 5.74) is 0. The Kier molecular flexibility index (Phi) is 4.10. The van der Waals surface area contributed by atoms with Crippen LogP contribution < -0.4 is 5.32 Å². The number of hydrogen-bond acceptors (Lipinski definition) is 4. The van der Waals surface area contributed by atoms with Crippen molar-refractivity contribution in [3.05, 3.63) is 0 Å². The molecule has 0 aromatic carbocycles. The van der Waals surface area contributed by atoms with Crippen LogP contribution in [0.2, 0.25) is 0 Å². The van der Waals surface area contributed by atoms with E-state index in [9.17, 15) is 13.2 Å². The van der Waals surface area contributed by atoms with Gasteiger partial charge >= 0.3 is 0 Å². The van der Waals surface area contributed by atoms with E-state index in [0.717, 1.165) is 25.6 Å². The van der Waals surface area contributed by atoms with Crippen molar-refractivity contribution in [3.63, 3.8) is 0 Å². The van der Waals surface area contributed by atoms with Crippen molar-refractivity contribution >= 4 is 15.7 Å². The molecule has 0 bridgehead atoms. The Morgan fingerprint density at radius 3 is 2.73 bits per heavy atom. The molecule has 1 saturated heterocycles.